The molecule has 1 fully saturated rings. The number of benzene rings is 1. The van der Waals surface area contributed by atoms with Crippen LogP contribution in [-0.2, 0) is 11.2 Å². The molecule has 1 aromatic carbocycles. The lowest BCUT2D eigenvalue weighted by atomic mass is 9.91. The summed E-state index contributed by atoms with van der Waals surface area (Å²) in [5.74, 6) is 1.01. The Bertz CT molecular complexity index is 381. The van der Waals surface area contributed by atoms with Gasteiger partial charge < -0.3 is 9.47 Å². The molecule has 3 heteroatoms. The molecule has 1 aliphatic rings. The zero-order valence-corrected chi connectivity index (χ0v) is 12.7. The molecule has 0 heterocycles. The van der Waals surface area contributed by atoms with Crippen molar-refractivity contribution in [3.05, 3.63) is 29.8 Å². The molecule has 0 amide bonds. The van der Waals surface area contributed by atoms with Crippen LogP contribution in [0.5, 0.6) is 5.75 Å². The molecule has 0 aliphatic heterocycles. The molecule has 2 rings (SSSR count). The standard InChI is InChI=1S/C15H21BrO2/c1-3-9-17-15-12(16)10-14(15)18-13-8-6-5-7-11(13)4-2/h5-8,12,14-15H,3-4,9-10H2,1-2H3. The Morgan fingerprint density at radius 3 is 2.72 bits per heavy atom. The smallest absolute Gasteiger partial charge is 0.127 e. The van der Waals surface area contributed by atoms with Crippen LogP contribution in [0.1, 0.15) is 32.3 Å². The fraction of sp³-hybridized carbons (Fsp3) is 0.600. The number of rotatable bonds is 6. The maximum Gasteiger partial charge on any atom is 0.127 e. The van der Waals surface area contributed by atoms with E-state index in [4.69, 9.17) is 9.47 Å². The number of ether oxygens (including phenoxy) is 2. The summed E-state index contributed by atoms with van der Waals surface area (Å²) in [5.41, 5.74) is 1.27. The van der Waals surface area contributed by atoms with Gasteiger partial charge in [0.25, 0.3) is 0 Å². The summed E-state index contributed by atoms with van der Waals surface area (Å²) in [6.45, 7) is 5.09. The Kier molecular flexibility index (Phi) is 5.07. The highest BCUT2D eigenvalue weighted by atomic mass is 79.9. The molecule has 18 heavy (non-hydrogen) atoms. The van der Waals surface area contributed by atoms with Crippen molar-refractivity contribution in [2.24, 2.45) is 0 Å². The lowest BCUT2D eigenvalue weighted by Crippen LogP contribution is -2.52. The van der Waals surface area contributed by atoms with Gasteiger partial charge in [-0.05, 0) is 24.5 Å². The topological polar surface area (TPSA) is 18.5 Å². The average Bonchev–Trinajstić information content (AvgIpc) is 2.39. The first-order chi connectivity index (χ1) is 8.76. The van der Waals surface area contributed by atoms with Crippen molar-refractivity contribution in [3.63, 3.8) is 0 Å². The summed E-state index contributed by atoms with van der Waals surface area (Å²) in [6, 6.07) is 8.27. The van der Waals surface area contributed by atoms with Crippen LogP contribution in [0.25, 0.3) is 0 Å². The summed E-state index contributed by atoms with van der Waals surface area (Å²) >= 11 is 3.64. The second kappa shape index (κ2) is 6.58. The van der Waals surface area contributed by atoms with Crippen molar-refractivity contribution in [2.75, 3.05) is 6.61 Å². The van der Waals surface area contributed by atoms with E-state index >= 15 is 0 Å². The first kappa shape index (κ1) is 13.9. The molecule has 1 aliphatic carbocycles. The third-order valence-electron chi connectivity index (χ3n) is 3.33. The molecular formula is C15H21BrO2. The highest BCUT2D eigenvalue weighted by molar-refractivity contribution is 9.09. The van der Waals surface area contributed by atoms with E-state index in [1.165, 1.54) is 5.56 Å². The first-order valence-corrected chi connectivity index (χ1v) is 7.68. The van der Waals surface area contributed by atoms with Gasteiger partial charge in [-0.1, -0.05) is 48.0 Å². The van der Waals surface area contributed by atoms with Crippen LogP contribution in [0.2, 0.25) is 0 Å². The van der Waals surface area contributed by atoms with Gasteiger partial charge in [0.05, 0.1) is 0 Å². The van der Waals surface area contributed by atoms with Gasteiger partial charge in [-0.15, -0.1) is 0 Å². The van der Waals surface area contributed by atoms with Gasteiger partial charge in [-0.2, -0.15) is 0 Å². The highest BCUT2D eigenvalue weighted by Crippen LogP contribution is 2.35. The van der Waals surface area contributed by atoms with Crippen LogP contribution in [0, 0.1) is 0 Å². The molecule has 2 nitrogen and oxygen atoms in total. The average molecular weight is 313 g/mol. The van der Waals surface area contributed by atoms with Gasteiger partial charge in [0.15, 0.2) is 0 Å². The lowest BCUT2D eigenvalue weighted by Gasteiger charge is -2.41. The van der Waals surface area contributed by atoms with E-state index in [9.17, 15) is 0 Å². The zero-order valence-electron chi connectivity index (χ0n) is 11.1. The Morgan fingerprint density at radius 2 is 2.06 bits per heavy atom. The summed E-state index contributed by atoms with van der Waals surface area (Å²) in [5, 5.41) is 0. The summed E-state index contributed by atoms with van der Waals surface area (Å²) < 4.78 is 11.9. The summed E-state index contributed by atoms with van der Waals surface area (Å²) in [7, 11) is 0. The van der Waals surface area contributed by atoms with E-state index in [1.54, 1.807) is 0 Å². The maximum absolute atomic E-state index is 6.10. The summed E-state index contributed by atoms with van der Waals surface area (Å²) in [6.07, 6.45) is 3.45. The number of para-hydroxylation sites is 1. The zero-order chi connectivity index (χ0) is 13.0. The van der Waals surface area contributed by atoms with Crippen molar-refractivity contribution in [3.8, 4) is 5.75 Å². The number of hydrogen-bond donors (Lipinski definition) is 0. The number of aryl methyl sites for hydroxylation is 1. The minimum atomic E-state index is 0.189. The van der Waals surface area contributed by atoms with Crippen LogP contribution < -0.4 is 4.74 Å². The molecule has 0 spiro atoms. The molecule has 0 bridgehead atoms. The van der Waals surface area contributed by atoms with Crippen molar-refractivity contribution in [1.29, 1.82) is 0 Å². The molecule has 0 N–H and O–H groups in total. The van der Waals surface area contributed by atoms with Crippen molar-refractivity contribution in [1.82, 2.24) is 0 Å². The lowest BCUT2D eigenvalue weighted by molar-refractivity contribution is -0.0764. The summed E-state index contributed by atoms with van der Waals surface area (Å²) in [4.78, 5) is 0.433. The second-order valence-electron chi connectivity index (χ2n) is 4.70. The molecule has 1 aromatic rings. The van der Waals surface area contributed by atoms with Crippen LogP contribution >= 0.6 is 15.9 Å². The fourth-order valence-electron chi connectivity index (χ4n) is 2.18. The molecule has 3 atom stereocenters. The quantitative estimate of drug-likeness (QED) is 0.740. The Labute approximate surface area is 118 Å². The van der Waals surface area contributed by atoms with E-state index in [0.717, 1.165) is 31.6 Å². The van der Waals surface area contributed by atoms with Crippen molar-refractivity contribution < 1.29 is 9.47 Å². The first-order valence-electron chi connectivity index (χ1n) is 6.76. The Balaban J connectivity index is 1.96. The minimum Gasteiger partial charge on any atom is -0.487 e. The third-order valence-corrected chi connectivity index (χ3v) is 4.22. The van der Waals surface area contributed by atoms with Gasteiger partial charge in [-0.25, -0.2) is 0 Å². The van der Waals surface area contributed by atoms with Gasteiger partial charge in [0, 0.05) is 17.9 Å². The molecule has 0 saturated heterocycles. The fourth-order valence-corrected chi connectivity index (χ4v) is 3.04. The Hall–Kier alpha value is -0.540. The van der Waals surface area contributed by atoms with E-state index in [2.05, 4.69) is 48.0 Å². The van der Waals surface area contributed by atoms with Gasteiger partial charge in [-0.3, -0.25) is 0 Å². The van der Waals surface area contributed by atoms with E-state index in [1.807, 2.05) is 6.07 Å². The SMILES string of the molecule is CCCOC1C(Br)CC1Oc1ccccc1CC. The predicted molar refractivity (Wildman–Crippen MR) is 77.6 cm³/mol. The third kappa shape index (κ3) is 3.07. The van der Waals surface area contributed by atoms with Crippen LogP contribution in [-0.4, -0.2) is 23.6 Å². The van der Waals surface area contributed by atoms with E-state index in [-0.39, 0.29) is 12.2 Å². The maximum atomic E-state index is 6.10. The van der Waals surface area contributed by atoms with Crippen molar-refractivity contribution in [2.45, 2.75) is 50.1 Å². The van der Waals surface area contributed by atoms with Gasteiger partial charge in [0.2, 0.25) is 0 Å². The molecular weight excluding hydrogens is 292 g/mol. The molecule has 0 radical (unpaired) electrons. The largest absolute Gasteiger partial charge is 0.487 e. The molecule has 100 valence electrons. The van der Waals surface area contributed by atoms with E-state index < -0.39 is 0 Å². The van der Waals surface area contributed by atoms with Crippen LogP contribution in [0.15, 0.2) is 24.3 Å². The van der Waals surface area contributed by atoms with E-state index in [0.29, 0.717) is 4.83 Å². The predicted octanol–water partition coefficient (Wildman–Crippen LogP) is 3.96. The van der Waals surface area contributed by atoms with Gasteiger partial charge in [0.1, 0.15) is 18.0 Å². The van der Waals surface area contributed by atoms with Crippen LogP contribution in [0.4, 0.5) is 0 Å². The number of alkyl halides is 1. The molecule has 1 saturated carbocycles. The molecule has 3 unspecified atom stereocenters. The normalized spacial score (nSPS) is 26.7. The van der Waals surface area contributed by atoms with Crippen molar-refractivity contribution >= 4 is 15.9 Å². The van der Waals surface area contributed by atoms with Gasteiger partial charge >= 0.3 is 0 Å². The molecule has 0 aromatic heterocycles. The monoisotopic (exact) mass is 312 g/mol. The number of hydrogen-bond acceptors (Lipinski definition) is 2. The Morgan fingerprint density at radius 1 is 1.28 bits per heavy atom. The minimum absolute atomic E-state index is 0.189. The second-order valence-corrected chi connectivity index (χ2v) is 5.88. The number of halogens is 1. The van der Waals surface area contributed by atoms with Crippen LogP contribution in [0.3, 0.4) is 0 Å². The highest BCUT2D eigenvalue weighted by Gasteiger charge is 2.42.